The Kier molecular flexibility index (Phi) is 7.90. The maximum atomic E-state index is 13.0. The van der Waals surface area contributed by atoms with Crippen molar-refractivity contribution in [2.24, 2.45) is 0 Å². The van der Waals surface area contributed by atoms with Crippen molar-refractivity contribution in [3.8, 4) is 5.75 Å². The van der Waals surface area contributed by atoms with E-state index in [9.17, 15) is 9.59 Å². The summed E-state index contributed by atoms with van der Waals surface area (Å²) in [5.41, 5.74) is 0.153. The van der Waals surface area contributed by atoms with Gasteiger partial charge >= 0.3 is 12.1 Å². The number of carbonyl (C=O) groups is 2. The number of anilines is 1. The lowest BCUT2D eigenvalue weighted by Crippen LogP contribution is -2.56. The zero-order chi connectivity index (χ0) is 26.9. The number of amides is 1. The van der Waals surface area contributed by atoms with E-state index >= 15 is 0 Å². The average Bonchev–Trinajstić information content (AvgIpc) is 2.70. The minimum absolute atomic E-state index is 0.0434. The molecule has 0 aliphatic carbocycles. The van der Waals surface area contributed by atoms with Crippen molar-refractivity contribution in [1.82, 2.24) is 9.88 Å². The van der Waals surface area contributed by atoms with E-state index in [0.717, 1.165) is 10.9 Å². The number of rotatable bonds is 8. The molecular formula is C26H39N3O6Si. The predicted octanol–water partition coefficient (Wildman–Crippen LogP) is 5.12. The zero-order valence-corrected chi connectivity index (χ0v) is 23.5. The third-order valence-corrected chi connectivity index (χ3v) is 11.0. The molecule has 1 aromatic carbocycles. The summed E-state index contributed by atoms with van der Waals surface area (Å²) in [6, 6.07) is 9.40. The van der Waals surface area contributed by atoms with Gasteiger partial charge in [0.05, 0.1) is 11.6 Å². The van der Waals surface area contributed by atoms with E-state index in [0.29, 0.717) is 24.7 Å². The van der Waals surface area contributed by atoms with Gasteiger partial charge in [0, 0.05) is 18.5 Å². The predicted molar refractivity (Wildman–Crippen MR) is 142 cm³/mol. The van der Waals surface area contributed by atoms with Crippen LogP contribution in [-0.2, 0) is 14.0 Å². The number of nitrogens with zero attached hydrogens (tertiary/aromatic N) is 2. The number of esters is 1. The lowest BCUT2D eigenvalue weighted by molar-refractivity contribution is -0.165. The first-order chi connectivity index (χ1) is 16.5. The van der Waals surface area contributed by atoms with Gasteiger partial charge in [0.15, 0.2) is 14.4 Å². The molecule has 3 rings (SSSR count). The second kappa shape index (κ2) is 10.3. The Labute approximate surface area is 214 Å². The Bertz CT molecular complexity index is 1100. The number of hydrogen-bond donors (Lipinski definition) is 2. The van der Waals surface area contributed by atoms with Crippen LogP contribution in [0.4, 0.5) is 10.6 Å². The van der Waals surface area contributed by atoms with Crippen LogP contribution in [-0.4, -0.2) is 72.8 Å². The highest BCUT2D eigenvalue weighted by Gasteiger charge is 2.42. The molecule has 10 heteroatoms. The van der Waals surface area contributed by atoms with Gasteiger partial charge in [-0.05, 0) is 69.2 Å². The minimum Gasteiger partial charge on any atom is -0.490 e. The molecule has 36 heavy (non-hydrogen) atoms. The third-order valence-electron chi connectivity index (χ3n) is 6.48. The summed E-state index contributed by atoms with van der Waals surface area (Å²) in [6.45, 7) is 17.0. The minimum atomic E-state index is -2.25. The maximum Gasteiger partial charge on any atom is 0.407 e. The van der Waals surface area contributed by atoms with Gasteiger partial charge in [-0.2, -0.15) is 0 Å². The summed E-state index contributed by atoms with van der Waals surface area (Å²) in [5.74, 6) is 0.871. The molecule has 1 aromatic heterocycles. The van der Waals surface area contributed by atoms with E-state index < -0.39 is 32.1 Å². The quantitative estimate of drug-likeness (QED) is 0.367. The molecule has 1 aliphatic heterocycles. The van der Waals surface area contributed by atoms with Gasteiger partial charge in [-0.25, -0.2) is 14.6 Å². The van der Waals surface area contributed by atoms with Crippen LogP contribution >= 0.6 is 0 Å². The topological polar surface area (TPSA) is 110 Å². The number of carbonyl (C=O) groups excluding carboxylic acids is 1. The average molecular weight is 518 g/mol. The number of benzene rings is 1. The van der Waals surface area contributed by atoms with Crippen LogP contribution in [0.1, 0.15) is 41.5 Å². The smallest absolute Gasteiger partial charge is 0.407 e. The monoisotopic (exact) mass is 517 g/mol. The van der Waals surface area contributed by atoms with Crippen molar-refractivity contribution < 1.29 is 28.6 Å². The molecule has 1 amide bonds. The fourth-order valence-corrected chi connectivity index (χ4v) is 4.66. The summed E-state index contributed by atoms with van der Waals surface area (Å²) >= 11 is 0. The van der Waals surface area contributed by atoms with Crippen molar-refractivity contribution in [2.75, 3.05) is 25.0 Å². The molecule has 1 atom stereocenters. The fourth-order valence-electron chi connectivity index (χ4n) is 3.43. The van der Waals surface area contributed by atoms with Gasteiger partial charge in [0.25, 0.3) is 0 Å². The lowest BCUT2D eigenvalue weighted by Gasteiger charge is -2.39. The number of pyridine rings is 1. The van der Waals surface area contributed by atoms with E-state index in [4.69, 9.17) is 19.0 Å². The van der Waals surface area contributed by atoms with Gasteiger partial charge in [0.2, 0.25) is 0 Å². The van der Waals surface area contributed by atoms with Crippen molar-refractivity contribution in [3.05, 3.63) is 30.3 Å². The number of hydrogen-bond acceptors (Lipinski definition) is 7. The molecule has 2 heterocycles. The molecule has 2 N–H and O–H groups in total. The van der Waals surface area contributed by atoms with Crippen LogP contribution in [0.15, 0.2) is 30.3 Å². The Balaban J connectivity index is 1.68. The first-order valence-electron chi connectivity index (χ1n) is 12.2. The Morgan fingerprint density at radius 2 is 1.81 bits per heavy atom. The van der Waals surface area contributed by atoms with E-state index in [1.807, 2.05) is 51.1 Å². The highest BCUT2D eigenvalue weighted by molar-refractivity contribution is 6.74. The fraction of sp³-hybridized carbons (Fsp3) is 0.577. The van der Waals surface area contributed by atoms with Gasteiger partial charge in [-0.15, -0.1) is 0 Å². The summed E-state index contributed by atoms with van der Waals surface area (Å²) in [6.07, 6.45) is -1.74. The van der Waals surface area contributed by atoms with Gasteiger partial charge in [-0.3, -0.25) is 0 Å². The summed E-state index contributed by atoms with van der Waals surface area (Å²) < 4.78 is 18.0. The number of fused-ring (bicyclic) bond motifs is 1. The van der Waals surface area contributed by atoms with Gasteiger partial charge < -0.3 is 29.2 Å². The van der Waals surface area contributed by atoms with Crippen LogP contribution in [0.5, 0.6) is 5.75 Å². The highest BCUT2D eigenvalue weighted by Crippen LogP contribution is 2.37. The number of carboxylic acid groups (broad SMARTS) is 1. The first kappa shape index (κ1) is 27.7. The lowest BCUT2D eigenvalue weighted by atomic mass is 10.1. The van der Waals surface area contributed by atoms with Gasteiger partial charge in [0.1, 0.15) is 23.8 Å². The number of likely N-dealkylation sites (tertiary alicyclic amines) is 1. The summed E-state index contributed by atoms with van der Waals surface area (Å²) in [7, 11) is -2.25. The third kappa shape index (κ3) is 7.10. The molecule has 0 unspecified atom stereocenters. The number of nitrogens with one attached hydrogen (secondary N) is 1. The van der Waals surface area contributed by atoms with Crippen molar-refractivity contribution in [2.45, 2.75) is 77.4 Å². The Morgan fingerprint density at radius 1 is 1.14 bits per heavy atom. The number of ether oxygens (including phenoxy) is 2. The molecule has 0 radical (unpaired) electrons. The molecule has 0 bridgehead atoms. The van der Waals surface area contributed by atoms with E-state index in [1.165, 1.54) is 4.90 Å². The number of aromatic nitrogens is 1. The second-order valence-electron chi connectivity index (χ2n) is 11.8. The van der Waals surface area contributed by atoms with Crippen molar-refractivity contribution in [1.29, 1.82) is 0 Å². The molecule has 9 nitrogen and oxygen atoms in total. The SMILES string of the molecule is CC(C)(C)OC(=O)[C@@H](COc1ccc2nc(NC3CN(C(=O)O)C3)ccc2c1)O[Si](C)(C)C(C)(C)C. The molecule has 1 saturated heterocycles. The second-order valence-corrected chi connectivity index (χ2v) is 16.5. The zero-order valence-electron chi connectivity index (χ0n) is 22.5. The van der Waals surface area contributed by atoms with Gasteiger partial charge in [-0.1, -0.05) is 20.8 Å². The Morgan fingerprint density at radius 3 is 2.39 bits per heavy atom. The van der Waals surface area contributed by atoms with Crippen LogP contribution in [0, 0.1) is 0 Å². The molecule has 1 aliphatic rings. The van der Waals surface area contributed by atoms with Crippen LogP contribution < -0.4 is 10.1 Å². The molecular weight excluding hydrogens is 478 g/mol. The van der Waals surface area contributed by atoms with Crippen molar-refractivity contribution >= 4 is 37.1 Å². The first-order valence-corrected chi connectivity index (χ1v) is 15.1. The van der Waals surface area contributed by atoms with Crippen LogP contribution in [0.25, 0.3) is 10.9 Å². The highest BCUT2D eigenvalue weighted by atomic mass is 28.4. The van der Waals surface area contributed by atoms with Crippen LogP contribution in [0.2, 0.25) is 18.1 Å². The van der Waals surface area contributed by atoms with Crippen LogP contribution in [0.3, 0.4) is 0 Å². The maximum absolute atomic E-state index is 13.0. The summed E-state index contributed by atoms with van der Waals surface area (Å²) in [4.78, 5) is 29.9. The Hall–Kier alpha value is -2.85. The summed E-state index contributed by atoms with van der Waals surface area (Å²) in [5, 5.41) is 13.1. The largest absolute Gasteiger partial charge is 0.490 e. The molecule has 0 saturated carbocycles. The van der Waals surface area contributed by atoms with Crippen molar-refractivity contribution in [3.63, 3.8) is 0 Å². The molecule has 0 spiro atoms. The standard InChI is InChI=1S/C26H39N3O6Si/c1-25(2,3)34-23(30)21(35-36(7,8)26(4,5)6)16-33-19-10-11-20-17(13-19)9-12-22(28-20)27-18-14-29(15-18)24(31)32/h9-13,18,21H,14-16H2,1-8H3,(H,27,28)(H,31,32)/t21-/m1/s1. The van der Waals surface area contributed by atoms with E-state index in [2.05, 4.69) is 44.2 Å². The van der Waals surface area contributed by atoms with E-state index in [-0.39, 0.29) is 17.7 Å². The molecule has 2 aromatic rings. The van der Waals surface area contributed by atoms with E-state index in [1.54, 1.807) is 0 Å². The molecule has 198 valence electrons. The normalized spacial score (nSPS) is 15.8. The molecule has 1 fully saturated rings.